The Hall–Kier alpha value is -3.28. The van der Waals surface area contributed by atoms with Gasteiger partial charge in [-0.1, -0.05) is 26.2 Å². The lowest BCUT2D eigenvalue weighted by Gasteiger charge is -2.07. The molecule has 2 aliphatic rings. The first-order chi connectivity index (χ1) is 14.1. The van der Waals surface area contributed by atoms with E-state index in [1.807, 2.05) is 6.07 Å². The highest BCUT2D eigenvalue weighted by Gasteiger charge is 2.16. The number of unbranched alkanes of at least 4 members (excludes halogenated alkanes) is 3. The summed E-state index contributed by atoms with van der Waals surface area (Å²) < 4.78 is 12.4. The molecule has 1 aliphatic carbocycles. The van der Waals surface area contributed by atoms with Gasteiger partial charge < -0.3 is 9.15 Å². The highest BCUT2D eigenvalue weighted by molar-refractivity contribution is 5.80. The van der Waals surface area contributed by atoms with Crippen LogP contribution >= 0.6 is 0 Å². The van der Waals surface area contributed by atoms with Crippen LogP contribution in [0.5, 0.6) is 5.75 Å². The summed E-state index contributed by atoms with van der Waals surface area (Å²) >= 11 is 0. The van der Waals surface area contributed by atoms with E-state index in [9.17, 15) is 9.59 Å². The van der Waals surface area contributed by atoms with Gasteiger partial charge in [0.05, 0.1) is 12.8 Å². The lowest BCUT2D eigenvalue weighted by Crippen LogP contribution is -2.14. The van der Waals surface area contributed by atoms with Crippen LogP contribution < -0.4 is 15.7 Å². The van der Waals surface area contributed by atoms with Gasteiger partial charge in [-0.2, -0.15) is 0 Å². The number of nitrogens with zero attached hydrogens (tertiary/aromatic N) is 1. The van der Waals surface area contributed by atoms with E-state index in [0.29, 0.717) is 28.3 Å². The molecular weight excluding hydrogens is 368 g/mol. The number of ether oxygens (including phenoxy) is 1. The molecule has 1 aliphatic heterocycles. The Kier molecular flexibility index (Phi) is 5.25. The van der Waals surface area contributed by atoms with E-state index in [1.165, 1.54) is 17.2 Å². The zero-order chi connectivity index (χ0) is 20.4. The van der Waals surface area contributed by atoms with E-state index in [0.717, 1.165) is 36.8 Å². The summed E-state index contributed by atoms with van der Waals surface area (Å²) in [5.41, 5.74) is 2.33. The standard InChI is InChI=1S/C23H24N2O4/c1-3-4-5-6-7-15-12-16-13-19-22(29-21(16)14-20(15)26)24-25(23(19)27)17-8-10-18(28-2)11-9-17/h8-14,24H,3-7H2,1-2H3. The third kappa shape index (κ3) is 3.70. The second-order valence-electron chi connectivity index (χ2n) is 7.25. The number of aryl methyl sites for hydroxylation is 1. The summed E-state index contributed by atoms with van der Waals surface area (Å²) in [7, 11) is 1.59. The quantitative estimate of drug-likeness (QED) is 0.470. The van der Waals surface area contributed by atoms with Crippen LogP contribution in [0.2, 0.25) is 0 Å². The second-order valence-corrected chi connectivity index (χ2v) is 7.25. The molecule has 0 radical (unpaired) electrons. The van der Waals surface area contributed by atoms with Crippen molar-refractivity contribution in [2.75, 3.05) is 7.11 Å². The third-order valence-electron chi connectivity index (χ3n) is 5.23. The first-order valence-corrected chi connectivity index (χ1v) is 9.96. The maximum atomic E-state index is 12.9. The van der Waals surface area contributed by atoms with Gasteiger partial charge in [0.1, 0.15) is 16.9 Å². The average molecular weight is 392 g/mol. The highest BCUT2D eigenvalue weighted by Crippen LogP contribution is 2.26. The molecular formula is C23H24N2O4. The molecule has 4 rings (SSSR count). The molecule has 0 spiro atoms. The predicted octanol–water partition coefficient (Wildman–Crippen LogP) is 4.51. The molecule has 0 saturated heterocycles. The lowest BCUT2D eigenvalue weighted by atomic mass is 10.0. The van der Waals surface area contributed by atoms with Gasteiger partial charge in [-0.3, -0.25) is 14.7 Å². The van der Waals surface area contributed by atoms with Gasteiger partial charge in [-0.15, -0.1) is 0 Å². The molecule has 2 heterocycles. The van der Waals surface area contributed by atoms with Gasteiger partial charge in [-0.25, -0.2) is 4.68 Å². The summed E-state index contributed by atoms with van der Waals surface area (Å²) in [6, 6.07) is 12.3. The molecule has 0 unspecified atom stereocenters. The normalized spacial score (nSPS) is 11.4. The van der Waals surface area contributed by atoms with Crippen molar-refractivity contribution in [1.29, 1.82) is 0 Å². The topological polar surface area (TPSA) is 77.2 Å². The molecule has 29 heavy (non-hydrogen) atoms. The zero-order valence-electron chi connectivity index (χ0n) is 16.7. The van der Waals surface area contributed by atoms with Crippen LogP contribution in [-0.2, 0) is 6.42 Å². The Morgan fingerprint density at radius 1 is 1.03 bits per heavy atom. The van der Waals surface area contributed by atoms with E-state index in [4.69, 9.17) is 9.15 Å². The number of H-pyrrole nitrogens is 1. The van der Waals surface area contributed by atoms with Crippen molar-refractivity contribution >= 4 is 11.1 Å². The monoisotopic (exact) mass is 392 g/mol. The molecule has 0 atom stereocenters. The fraction of sp³-hybridized carbons (Fsp3) is 0.304. The van der Waals surface area contributed by atoms with E-state index < -0.39 is 0 Å². The Balaban J connectivity index is 1.75. The number of hydrogen-bond acceptors (Lipinski definition) is 4. The van der Waals surface area contributed by atoms with Gasteiger partial charge >= 0.3 is 0 Å². The van der Waals surface area contributed by atoms with E-state index in [2.05, 4.69) is 12.0 Å². The van der Waals surface area contributed by atoms with Gasteiger partial charge in [0.25, 0.3) is 5.56 Å². The Morgan fingerprint density at radius 3 is 2.55 bits per heavy atom. The van der Waals surface area contributed by atoms with E-state index in [1.54, 1.807) is 37.4 Å². The lowest BCUT2D eigenvalue weighted by molar-refractivity contribution is 0.414. The third-order valence-corrected chi connectivity index (χ3v) is 5.23. The Labute approximate surface area is 168 Å². The van der Waals surface area contributed by atoms with Gasteiger partial charge in [-0.05, 0) is 49.2 Å². The fourth-order valence-electron chi connectivity index (χ4n) is 3.58. The van der Waals surface area contributed by atoms with Crippen LogP contribution in [0.25, 0.3) is 28.1 Å². The first kappa shape index (κ1) is 19.1. The number of fused-ring (bicyclic) bond motifs is 2. The van der Waals surface area contributed by atoms with Crippen LogP contribution in [0.3, 0.4) is 0 Å². The predicted molar refractivity (Wildman–Crippen MR) is 113 cm³/mol. The minimum atomic E-state index is -0.202. The van der Waals surface area contributed by atoms with Crippen LogP contribution in [0, 0.1) is 0 Å². The SMILES string of the molecule is CCCCCCc1cc2cc3c(=O)n(-c4ccc(OC)cc4)[nH]c3oc-2cc1=O. The van der Waals surface area contributed by atoms with Crippen molar-refractivity contribution in [2.24, 2.45) is 0 Å². The molecule has 6 nitrogen and oxygen atoms in total. The second kappa shape index (κ2) is 7.99. The van der Waals surface area contributed by atoms with Crippen molar-refractivity contribution in [1.82, 2.24) is 9.78 Å². The minimum absolute atomic E-state index is 0.0194. The summed E-state index contributed by atoms with van der Waals surface area (Å²) in [6.45, 7) is 2.16. The van der Waals surface area contributed by atoms with Crippen LogP contribution in [-0.4, -0.2) is 16.9 Å². The van der Waals surface area contributed by atoms with Gasteiger partial charge in [0, 0.05) is 17.2 Å². The number of rotatable bonds is 7. The van der Waals surface area contributed by atoms with Crippen molar-refractivity contribution in [2.45, 2.75) is 39.0 Å². The zero-order valence-corrected chi connectivity index (χ0v) is 16.7. The molecule has 6 heteroatoms. The van der Waals surface area contributed by atoms with Crippen LogP contribution in [0.15, 0.2) is 56.5 Å². The van der Waals surface area contributed by atoms with Crippen molar-refractivity contribution in [3.05, 3.63) is 68.6 Å². The van der Waals surface area contributed by atoms with E-state index in [-0.39, 0.29) is 11.0 Å². The summed E-state index contributed by atoms with van der Waals surface area (Å²) in [5, 5.41) is 3.43. The summed E-state index contributed by atoms with van der Waals surface area (Å²) in [6.07, 6.45) is 5.18. The molecule has 2 aromatic rings. The summed E-state index contributed by atoms with van der Waals surface area (Å²) in [4.78, 5) is 25.3. The van der Waals surface area contributed by atoms with E-state index >= 15 is 0 Å². The molecule has 150 valence electrons. The number of benzene rings is 2. The maximum absolute atomic E-state index is 12.9. The maximum Gasteiger partial charge on any atom is 0.282 e. The number of aromatic amines is 1. The number of aromatic nitrogens is 2. The van der Waals surface area contributed by atoms with Crippen LogP contribution in [0.4, 0.5) is 0 Å². The first-order valence-electron chi connectivity index (χ1n) is 9.96. The average Bonchev–Trinajstić information content (AvgIpc) is 3.05. The number of nitrogens with one attached hydrogen (secondary N) is 1. The Bertz CT molecular complexity index is 1210. The number of methoxy groups -OCH3 is 1. The minimum Gasteiger partial charge on any atom is -0.497 e. The number of hydrogen-bond donors (Lipinski definition) is 1. The molecule has 0 bridgehead atoms. The van der Waals surface area contributed by atoms with Crippen molar-refractivity contribution in [3.8, 4) is 22.8 Å². The van der Waals surface area contributed by atoms with Crippen molar-refractivity contribution in [3.63, 3.8) is 0 Å². The molecule has 0 fully saturated rings. The molecule has 0 amide bonds. The molecule has 1 aromatic heterocycles. The molecule has 1 N–H and O–H groups in total. The smallest absolute Gasteiger partial charge is 0.282 e. The molecule has 0 saturated carbocycles. The summed E-state index contributed by atoms with van der Waals surface area (Å²) in [5.74, 6) is 1.19. The Morgan fingerprint density at radius 2 is 1.83 bits per heavy atom. The fourth-order valence-corrected chi connectivity index (χ4v) is 3.58. The van der Waals surface area contributed by atoms with Gasteiger partial charge in [0.15, 0.2) is 5.43 Å². The van der Waals surface area contributed by atoms with Crippen molar-refractivity contribution < 1.29 is 9.15 Å². The molecule has 1 aromatic carbocycles. The van der Waals surface area contributed by atoms with Gasteiger partial charge in [0.2, 0.25) is 5.71 Å². The van der Waals surface area contributed by atoms with Crippen LogP contribution in [0.1, 0.15) is 38.2 Å². The highest BCUT2D eigenvalue weighted by atomic mass is 16.5. The largest absolute Gasteiger partial charge is 0.497 e.